The van der Waals surface area contributed by atoms with Gasteiger partial charge < -0.3 is 16.0 Å². The third-order valence-electron chi connectivity index (χ3n) is 3.79. The zero-order valence-corrected chi connectivity index (χ0v) is 12.8. The smallest absolute Gasteiger partial charge is 0.313 e. The Bertz CT molecular complexity index is 590. The molecule has 6 nitrogen and oxygen atoms in total. The molecule has 0 saturated carbocycles. The second kappa shape index (κ2) is 6.60. The van der Waals surface area contributed by atoms with Crippen LogP contribution in [0.25, 0.3) is 0 Å². The molecule has 3 N–H and O–H groups in total. The maximum atomic E-state index is 12.3. The van der Waals surface area contributed by atoms with Gasteiger partial charge in [0, 0.05) is 13.1 Å². The minimum atomic E-state index is -0.741. The minimum Gasteiger partial charge on any atom is -0.366 e. The first-order valence-corrected chi connectivity index (χ1v) is 7.37. The van der Waals surface area contributed by atoms with Crippen LogP contribution in [0.15, 0.2) is 24.3 Å². The normalized spacial score (nSPS) is 21.3. The lowest BCUT2D eigenvalue weighted by molar-refractivity contribution is -0.144. The molecule has 1 fully saturated rings. The first-order chi connectivity index (χ1) is 10.4. The molecule has 118 valence electrons. The van der Waals surface area contributed by atoms with Crippen LogP contribution in [0.2, 0.25) is 0 Å². The maximum Gasteiger partial charge on any atom is 0.313 e. The van der Waals surface area contributed by atoms with Gasteiger partial charge in [0.25, 0.3) is 5.91 Å². The van der Waals surface area contributed by atoms with E-state index in [1.54, 1.807) is 23.1 Å². The number of benzene rings is 1. The van der Waals surface area contributed by atoms with E-state index in [4.69, 9.17) is 5.73 Å². The summed E-state index contributed by atoms with van der Waals surface area (Å²) in [7, 11) is 0. The van der Waals surface area contributed by atoms with Crippen LogP contribution in [0.4, 0.5) is 5.69 Å². The molecule has 1 heterocycles. The summed E-state index contributed by atoms with van der Waals surface area (Å²) in [6.07, 6.45) is 1.05. The van der Waals surface area contributed by atoms with E-state index in [2.05, 4.69) is 19.2 Å². The molecule has 0 spiro atoms. The largest absolute Gasteiger partial charge is 0.366 e. The second-order valence-electron chi connectivity index (χ2n) is 6.02. The molecule has 22 heavy (non-hydrogen) atoms. The third-order valence-corrected chi connectivity index (χ3v) is 3.79. The van der Waals surface area contributed by atoms with Crippen molar-refractivity contribution < 1.29 is 14.4 Å². The number of likely N-dealkylation sites (tertiary alicyclic amines) is 1. The average molecular weight is 303 g/mol. The molecule has 2 rings (SSSR count). The highest BCUT2D eigenvalue weighted by Gasteiger charge is 2.29. The molecule has 1 aromatic carbocycles. The summed E-state index contributed by atoms with van der Waals surface area (Å²) in [5.41, 5.74) is 5.70. The van der Waals surface area contributed by atoms with Gasteiger partial charge in [-0.1, -0.05) is 26.0 Å². The van der Waals surface area contributed by atoms with Crippen LogP contribution in [-0.4, -0.2) is 35.7 Å². The molecule has 1 aliphatic heterocycles. The average Bonchev–Trinajstić information content (AvgIpc) is 2.45. The van der Waals surface area contributed by atoms with E-state index in [1.165, 1.54) is 6.07 Å². The number of carbonyl (C=O) groups is 3. The van der Waals surface area contributed by atoms with Crippen LogP contribution in [0.3, 0.4) is 0 Å². The van der Waals surface area contributed by atoms with Crippen LogP contribution >= 0.6 is 0 Å². The monoisotopic (exact) mass is 303 g/mol. The number of nitrogens with zero attached hydrogens (tertiary/aromatic N) is 1. The zero-order valence-electron chi connectivity index (χ0n) is 12.8. The summed E-state index contributed by atoms with van der Waals surface area (Å²) in [5.74, 6) is -1.21. The van der Waals surface area contributed by atoms with Crippen molar-refractivity contribution in [2.75, 3.05) is 18.4 Å². The SMILES string of the molecule is CC1CC(C)CN(C(=O)C(=O)Nc2ccccc2C(N)=O)C1. The lowest BCUT2D eigenvalue weighted by Gasteiger charge is -2.34. The number of hydrogen-bond donors (Lipinski definition) is 2. The molecular formula is C16H21N3O3. The van der Waals surface area contributed by atoms with Crippen molar-refractivity contribution in [3.8, 4) is 0 Å². The van der Waals surface area contributed by atoms with Crippen molar-refractivity contribution in [2.24, 2.45) is 17.6 Å². The fourth-order valence-electron chi connectivity index (χ4n) is 2.96. The van der Waals surface area contributed by atoms with E-state index in [0.29, 0.717) is 24.9 Å². The fraction of sp³-hybridized carbons (Fsp3) is 0.438. The second-order valence-corrected chi connectivity index (χ2v) is 6.02. The Morgan fingerprint density at radius 2 is 1.73 bits per heavy atom. The van der Waals surface area contributed by atoms with E-state index in [9.17, 15) is 14.4 Å². The molecule has 1 aliphatic rings. The van der Waals surface area contributed by atoms with Gasteiger partial charge >= 0.3 is 11.8 Å². The number of hydrogen-bond acceptors (Lipinski definition) is 3. The van der Waals surface area contributed by atoms with Crippen molar-refractivity contribution in [3.63, 3.8) is 0 Å². The Balaban J connectivity index is 2.09. The molecule has 2 atom stereocenters. The fourth-order valence-corrected chi connectivity index (χ4v) is 2.96. The molecule has 1 saturated heterocycles. The molecule has 1 aromatic rings. The van der Waals surface area contributed by atoms with Gasteiger partial charge in [-0.3, -0.25) is 14.4 Å². The van der Waals surface area contributed by atoms with Crippen molar-refractivity contribution in [1.29, 1.82) is 0 Å². The maximum absolute atomic E-state index is 12.3. The van der Waals surface area contributed by atoms with Crippen LogP contribution in [0.1, 0.15) is 30.6 Å². The predicted octanol–water partition coefficient (Wildman–Crippen LogP) is 1.23. The lowest BCUT2D eigenvalue weighted by atomic mass is 9.92. The Kier molecular flexibility index (Phi) is 4.80. The molecule has 0 aliphatic carbocycles. The Morgan fingerprint density at radius 1 is 1.14 bits per heavy atom. The van der Waals surface area contributed by atoms with Crippen LogP contribution < -0.4 is 11.1 Å². The molecule has 2 unspecified atom stereocenters. The van der Waals surface area contributed by atoms with Gasteiger partial charge in [-0.25, -0.2) is 0 Å². The summed E-state index contributed by atoms with van der Waals surface area (Å²) in [5, 5.41) is 2.49. The Hall–Kier alpha value is -2.37. The summed E-state index contributed by atoms with van der Waals surface area (Å²) in [6, 6.07) is 6.36. The van der Waals surface area contributed by atoms with Crippen LogP contribution in [0.5, 0.6) is 0 Å². The molecule has 0 radical (unpaired) electrons. The highest BCUT2D eigenvalue weighted by molar-refractivity contribution is 6.39. The van der Waals surface area contributed by atoms with Gasteiger partial charge in [0.15, 0.2) is 0 Å². The van der Waals surface area contributed by atoms with E-state index >= 15 is 0 Å². The Morgan fingerprint density at radius 3 is 2.32 bits per heavy atom. The number of para-hydroxylation sites is 1. The van der Waals surface area contributed by atoms with E-state index < -0.39 is 17.7 Å². The van der Waals surface area contributed by atoms with Gasteiger partial charge in [-0.2, -0.15) is 0 Å². The number of nitrogens with two attached hydrogens (primary N) is 1. The number of rotatable bonds is 2. The van der Waals surface area contributed by atoms with Gasteiger partial charge in [0.2, 0.25) is 0 Å². The number of piperidine rings is 1. The van der Waals surface area contributed by atoms with Gasteiger partial charge in [0.05, 0.1) is 11.3 Å². The number of primary amides is 1. The highest BCUT2D eigenvalue weighted by atomic mass is 16.2. The first-order valence-electron chi connectivity index (χ1n) is 7.37. The zero-order chi connectivity index (χ0) is 16.3. The number of amides is 3. The third kappa shape index (κ3) is 3.63. The molecule has 0 bridgehead atoms. The van der Waals surface area contributed by atoms with Crippen molar-refractivity contribution in [3.05, 3.63) is 29.8 Å². The standard InChI is InChI=1S/C16H21N3O3/c1-10-7-11(2)9-19(8-10)16(22)15(21)18-13-6-4-3-5-12(13)14(17)20/h3-6,10-11H,7-9H2,1-2H3,(H2,17,20)(H,18,21). The number of anilines is 1. The molecule has 6 heteroatoms. The summed E-state index contributed by atoms with van der Waals surface area (Å²) < 4.78 is 0. The lowest BCUT2D eigenvalue weighted by Crippen LogP contribution is -2.47. The van der Waals surface area contributed by atoms with Crippen LogP contribution in [-0.2, 0) is 9.59 Å². The van der Waals surface area contributed by atoms with E-state index in [0.717, 1.165) is 6.42 Å². The first kappa shape index (κ1) is 16.0. The minimum absolute atomic E-state index is 0.184. The topological polar surface area (TPSA) is 92.5 Å². The van der Waals surface area contributed by atoms with Crippen molar-refractivity contribution in [2.45, 2.75) is 20.3 Å². The summed E-state index contributed by atoms with van der Waals surface area (Å²) in [4.78, 5) is 37.3. The predicted molar refractivity (Wildman–Crippen MR) is 83.1 cm³/mol. The molecular weight excluding hydrogens is 282 g/mol. The van der Waals surface area contributed by atoms with Crippen molar-refractivity contribution in [1.82, 2.24) is 4.90 Å². The summed E-state index contributed by atoms with van der Waals surface area (Å²) >= 11 is 0. The van der Waals surface area contributed by atoms with Gasteiger partial charge in [0.1, 0.15) is 0 Å². The highest BCUT2D eigenvalue weighted by Crippen LogP contribution is 2.21. The molecule has 3 amide bonds. The number of nitrogens with one attached hydrogen (secondary N) is 1. The number of carbonyl (C=O) groups excluding carboxylic acids is 3. The van der Waals surface area contributed by atoms with Gasteiger partial charge in [-0.05, 0) is 30.4 Å². The van der Waals surface area contributed by atoms with E-state index in [-0.39, 0.29) is 11.3 Å². The van der Waals surface area contributed by atoms with Crippen molar-refractivity contribution >= 4 is 23.4 Å². The summed E-state index contributed by atoms with van der Waals surface area (Å²) in [6.45, 7) is 5.29. The van der Waals surface area contributed by atoms with Gasteiger partial charge in [-0.15, -0.1) is 0 Å². The quantitative estimate of drug-likeness (QED) is 0.805. The van der Waals surface area contributed by atoms with E-state index in [1.807, 2.05) is 0 Å². The Labute approximate surface area is 129 Å². The molecule has 0 aromatic heterocycles. The van der Waals surface area contributed by atoms with Crippen LogP contribution in [0, 0.1) is 11.8 Å².